The monoisotopic (exact) mass is 245 g/mol. The summed E-state index contributed by atoms with van der Waals surface area (Å²) in [7, 11) is 0. The summed E-state index contributed by atoms with van der Waals surface area (Å²) < 4.78 is 7.73. The highest BCUT2D eigenvalue weighted by atomic mass is 16.5. The van der Waals surface area contributed by atoms with Gasteiger partial charge in [-0.2, -0.15) is 5.10 Å². The van der Waals surface area contributed by atoms with Crippen molar-refractivity contribution in [3.8, 4) is 5.75 Å². The quantitative estimate of drug-likeness (QED) is 0.842. The maximum absolute atomic E-state index is 5.78. The number of aromatic nitrogens is 2. The molecule has 0 spiro atoms. The summed E-state index contributed by atoms with van der Waals surface area (Å²) in [4.78, 5) is 0. The Morgan fingerprint density at radius 2 is 2.06 bits per heavy atom. The fourth-order valence-corrected chi connectivity index (χ4v) is 1.88. The number of aryl methyl sites for hydroxylation is 3. The molecule has 0 aliphatic heterocycles. The van der Waals surface area contributed by atoms with E-state index in [1.54, 1.807) is 0 Å². The predicted molar refractivity (Wildman–Crippen MR) is 72.6 cm³/mol. The van der Waals surface area contributed by atoms with Crippen molar-refractivity contribution in [3.05, 3.63) is 41.2 Å². The van der Waals surface area contributed by atoms with Crippen LogP contribution in [0.4, 0.5) is 5.69 Å². The van der Waals surface area contributed by atoms with Crippen LogP contribution in [0.1, 0.15) is 23.9 Å². The molecule has 2 aromatic rings. The maximum Gasteiger partial charge on any atom is 0.130 e. The summed E-state index contributed by atoms with van der Waals surface area (Å²) >= 11 is 0. The molecule has 96 valence electrons. The molecular weight excluding hydrogens is 226 g/mol. The van der Waals surface area contributed by atoms with Crippen LogP contribution in [0.5, 0.6) is 5.75 Å². The molecular formula is C14H19N3O. The first-order chi connectivity index (χ1) is 8.60. The number of benzene rings is 1. The van der Waals surface area contributed by atoms with Crippen LogP contribution in [0.15, 0.2) is 24.3 Å². The second-order valence-electron chi connectivity index (χ2n) is 4.40. The van der Waals surface area contributed by atoms with Gasteiger partial charge in [-0.15, -0.1) is 0 Å². The molecule has 1 aromatic carbocycles. The van der Waals surface area contributed by atoms with Gasteiger partial charge in [-0.25, -0.2) is 0 Å². The summed E-state index contributed by atoms with van der Waals surface area (Å²) in [6, 6.07) is 7.76. The van der Waals surface area contributed by atoms with Gasteiger partial charge >= 0.3 is 0 Å². The van der Waals surface area contributed by atoms with Crippen molar-refractivity contribution in [2.24, 2.45) is 0 Å². The van der Waals surface area contributed by atoms with Crippen molar-refractivity contribution >= 4 is 5.69 Å². The largest absolute Gasteiger partial charge is 0.487 e. The van der Waals surface area contributed by atoms with E-state index in [0.717, 1.165) is 34.9 Å². The van der Waals surface area contributed by atoms with Crippen molar-refractivity contribution in [2.75, 3.05) is 5.73 Å². The van der Waals surface area contributed by atoms with Crippen molar-refractivity contribution < 1.29 is 4.74 Å². The van der Waals surface area contributed by atoms with Crippen LogP contribution in [-0.4, -0.2) is 9.78 Å². The maximum atomic E-state index is 5.78. The minimum absolute atomic E-state index is 0.526. The van der Waals surface area contributed by atoms with Crippen molar-refractivity contribution in [3.63, 3.8) is 0 Å². The topological polar surface area (TPSA) is 53.1 Å². The lowest BCUT2D eigenvalue weighted by molar-refractivity contribution is 0.292. The van der Waals surface area contributed by atoms with Gasteiger partial charge < -0.3 is 10.5 Å². The Bertz CT molecular complexity index is 546. The van der Waals surface area contributed by atoms with E-state index in [1.165, 1.54) is 0 Å². The molecule has 4 nitrogen and oxygen atoms in total. The van der Waals surface area contributed by atoms with Gasteiger partial charge in [0.2, 0.25) is 0 Å². The summed E-state index contributed by atoms with van der Waals surface area (Å²) in [6.45, 7) is 7.42. The number of nitrogen functional groups attached to an aromatic ring is 1. The average Bonchev–Trinajstić information content (AvgIpc) is 2.71. The SMILES string of the molecule is CCn1nc(C)cc1COc1ccc(N)c(C)c1. The van der Waals surface area contributed by atoms with E-state index in [2.05, 4.69) is 12.0 Å². The van der Waals surface area contributed by atoms with E-state index in [-0.39, 0.29) is 0 Å². The van der Waals surface area contributed by atoms with Crippen LogP contribution in [-0.2, 0) is 13.2 Å². The zero-order chi connectivity index (χ0) is 13.1. The van der Waals surface area contributed by atoms with E-state index in [9.17, 15) is 0 Å². The molecule has 2 rings (SSSR count). The first kappa shape index (κ1) is 12.5. The lowest BCUT2D eigenvalue weighted by atomic mass is 10.2. The molecule has 0 saturated carbocycles. The highest BCUT2D eigenvalue weighted by Crippen LogP contribution is 2.19. The minimum Gasteiger partial charge on any atom is -0.487 e. The number of hydrogen-bond donors (Lipinski definition) is 1. The van der Waals surface area contributed by atoms with Crippen LogP contribution in [0.25, 0.3) is 0 Å². The number of nitrogens with zero attached hydrogens (tertiary/aromatic N) is 2. The lowest BCUT2D eigenvalue weighted by Crippen LogP contribution is -2.06. The van der Waals surface area contributed by atoms with Gasteiger partial charge in [0, 0.05) is 12.2 Å². The summed E-state index contributed by atoms with van der Waals surface area (Å²) in [5.74, 6) is 0.836. The van der Waals surface area contributed by atoms with Crippen LogP contribution < -0.4 is 10.5 Å². The molecule has 0 aliphatic rings. The third-order valence-corrected chi connectivity index (χ3v) is 2.91. The predicted octanol–water partition coefficient (Wildman–Crippen LogP) is 2.68. The smallest absolute Gasteiger partial charge is 0.130 e. The van der Waals surface area contributed by atoms with E-state index >= 15 is 0 Å². The molecule has 0 radical (unpaired) electrons. The zero-order valence-corrected chi connectivity index (χ0v) is 11.1. The Hall–Kier alpha value is -1.97. The van der Waals surface area contributed by atoms with Crippen molar-refractivity contribution in [1.29, 1.82) is 0 Å². The van der Waals surface area contributed by atoms with Gasteiger partial charge in [-0.3, -0.25) is 4.68 Å². The number of rotatable bonds is 4. The van der Waals surface area contributed by atoms with Crippen LogP contribution in [0.3, 0.4) is 0 Å². The van der Waals surface area contributed by atoms with Gasteiger partial charge in [-0.05, 0) is 50.6 Å². The van der Waals surface area contributed by atoms with E-state index in [1.807, 2.05) is 42.8 Å². The van der Waals surface area contributed by atoms with E-state index < -0.39 is 0 Å². The first-order valence-corrected chi connectivity index (χ1v) is 6.12. The fourth-order valence-electron chi connectivity index (χ4n) is 1.88. The van der Waals surface area contributed by atoms with Crippen LogP contribution in [0, 0.1) is 13.8 Å². The molecule has 0 bridgehead atoms. The fraction of sp³-hybridized carbons (Fsp3) is 0.357. The summed E-state index contributed by atoms with van der Waals surface area (Å²) in [5, 5.41) is 4.39. The molecule has 0 saturated heterocycles. The molecule has 18 heavy (non-hydrogen) atoms. The Morgan fingerprint density at radius 1 is 1.28 bits per heavy atom. The molecule has 4 heteroatoms. The number of nitrogens with two attached hydrogens (primary N) is 1. The van der Waals surface area contributed by atoms with Gasteiger partial charge in [-0.1, -0.05) is 0 Å². The Labute approximate surface area is 107 Å². The molecule has 0 fully saturated rings. The first-order valence-electron chi connectivity index (χ1n) is 6.12. The summed E-state index contributed by atoms with van der Waals surface area (Å²) in [5.41, 5.74) is 9.70. The standard InChI is InChI=1S/C14H19N3O/c1-4-17-12(8-11(3)16-17)9-18-13-5-6-14(15)10(2)7-13/h5-8H,4,9,15H2,1-3H3. The van der Waals surface area contributed by atoms with E-state index in [4.69, 9.17) is 10.5 Å². The Balaban J connectivity index is 2.08. The van der Waals surface area contributed by atoms with Crippen molar-refractivity contribution in [1.82, 2.24) is 9.78 Å². The molecule has 1 aromatic heterocycles. The summed E-state index contributed by atoms with van der Waals surface area (Å²) in [6.07, 6.45) is 0. The average molecular weight is 245 g/mol. The number of ether oxygens (including phenoxy) is 1. The molecule has 2 N–H and O–H groups in total. The van der Waals surface area contributed by atoms with Gasteiger partial charge in [0.15, 0.2) is 0 Å². The number of anilines is 1. The molecule has 0 aliphatic carbocycles. The normalized spacial score (nSPS) is 10.6. The minimum atomic E-state index is 0.526. The van der Waals surface area contributed by atoms with Gasteiger partial charge in [0.05, 0.1) is 11.4 Å². The molecule has 0 atom stereocenters. The third-order valence-electron chi connectivity index (χ3n) is 2.91. The Kier molecular flexibility index (Phi) is 3.55. The van der Waals surface area contributed by atoms with Gasteiger partial charge in [0.25, 0.3) is 0 Å². The van der Waals surface area contributed by atoms with Crippen LogP contribution >= 0.6 is 0 Å². The van der Waals surface area contributed by atoms with Crippen LogP contribution in [0.2, 0.25) is 0 Å². The van der Waals surface area contributed by atoms with Gasteiger partial charge in [0.1, 0.15) is 12.4 Å². The number of hydrogen-bond acceptors (Lipinski definition) is 3. The van der Waals surface area contributed by atoms with Crippen molar-refractivity contribution in [2.45, 2.75) is 33.9 Å². The molecule has 0 amide bonds. The molecule has 0 unspecified atom stereocenters. The van der Waals surface area contributed by atoms with E-state index in [0.29, 0.717) is 6.61 Å². The lowest BCUT2D eigenvalue weighted by Gasteiger charge is -2.09. The zero-order valence-electron chi connectivity index (χ0n) is 11.1. The molecule has 1 heterocycles. The third kappa shape index (κ3) is 2.64. The Morgan fingerprint density at radius 3 is 2.72 bits per heavy atom. The highest BCUT2D eigenvalue weighted by molar-refractivity contribution is 5.49. The highest BCUT2D eigenvalue weighted by Gasteiger charge is 2.05. The second kappa shape index (κ2) is 5.12. The second-order valence-corrected chi connectivity index (χ2v) is 4.40.